The highest BCUT2D eigenvalue weighted by Crippen LogP contribution is 2.26. The van der Waals surface area contributed by atoms with Crippen LogP contribution in [-0.2, 0) is 6.42 Å². The van der Waals surface area contributed by atoms with E-state index in [0.717, 1.165) is 13.1 Å². The van der Waals surface area contributed by atoms with E-state index in [2.05, 4.69) is 43.0 Å². The third kappa shape index (κ3) is 2.38. The molecule has 88 valence electrons. The average molecular weight is 218 g/mol. The Morgan fingerprint density at radius 2 is 2.06 bits per heavy atom. The van der Waals surface area contributed by atoms with Crippen LogP contribution in [-0.4, -0.2) is 19.1 Å². The average Bonchev–Trinajstić information content (AvgIpc) is 2.29. The van der Waals surface area contributed by atoms with Crippen LogP contribution in [0.25, 0.3) is 0 Å². The molecule has 0 unspecified atom stereocenters. The van der Waals surface area contributed by atoms with Gasteiger partial charge in [0.25, 0.3) is 0 Å². The molecule has 0 spiro atoms. The van der Waals surface area contributed by atoms with Gasteiger partial charge < -0.3 is 10.6 Å². The molecule has 2 nitrogen and oxygen atoms in total. The molecule has 1 aliphatic heterocycles. The molecule has 0 saturated heterocycles. The molecule has 1 aromatic carbocycles. The Kier molecular flexibility index (Phi) is 3.49. The number of hydrogen-bond donors (Lipinski definition) is 1. The minimum atomic E-state index is 0.270. The molecule has 16 heavy (non-hydrogen) atoms. The summed E-state index contributed by atoms with van der Waals surface area (Å²) >= 11 is 0. The first-order valence-electron chi connectivity index (χ1n) is 6.27. The summed E-state index contributed by atoms with van der Waals surface area (Å²) in [7, 11) is 0. The molecule has 1 atom stereocenters. The first kappa shape index (κ1) is 11.5. The molecular weight excluding hydrogens is 196 g/mol. The van der Waals surface area contributed by atoms with Gasteiger partial charge in [-0.3, -0.25) is 0 Å². The highest BCUT2D eigenvalue weighted by Gasteiger charge is 2.19. The predicted octanol–water partition coefficient (Wildman–Crippen LogP) is 2.42. The predicted molar refractivity (Wildman–Crippen MR) is 69.8 cm³/mol. The van der Waals surface area contributed by atoms with Crippen molar-refractivity contribution in [1.82, 2.24) is 0 Å². The van der Waals surface area contributed by atoms with Gasteiger partial charge in [0.05, 0.1) is 0 Å². The van der Waals surface area contributed by atoms with Crippen molar-refractivity contribution in [2.45, 2.75) is 32.7 Å². The Morgan fingerprint density at radius 3 is 2.81 bits per heavy atom. The molecular formula is C14H22N2. The minimum absolute atomic E-state index is 0.270. The van der Waals surface area contributed by atoms with Crippen LogP contribution in [0.2, 0.25) is 0 Å². The van der Waals surface area contributed by atoms with Crippen LogP contribution in [0.15, 0.2) is 24.3 Å². The van der Waals surface area contributed by atoms with E-state index in [1.165, 1.54) is 24.1 Å². The highest BCUT2D eigenvalue weighted by molar-refractivity contribution is 5.55. The van der Waals surface area contributed by atoms with E-state index >= 15 is 0 Å². The van der Waals surface area contributed by atoms with Crippen LogP contribution in [0.4, 0.5) is 5.69 Å². The number of nitrogens with two attached hydrogens (primary N) is 1. The lowest BCUT2D eigenvalue weighted by Crippen LogP contribution is -2.42. The van der Waals surface area contributed by atoms with Crippen LogP contribution >= 0.6 is 0 Å². The largest absolute Gasteiger partial charge is 0.370 e. The van der Waals surface area contributed by atoms with Crippen molar-refractivity contribution in [2.24, 2.45) is 11.7 Å². The second kappa shape index (κ2) is 4.88. The van der Waals surface area contributed by atoms with Gasteiger partial charge in [0.2, 0.25) is 0 Å². The zero-order chi connectivity index (χ0) is 11.5. The fraction of sp³-hybridized carbons (Fsp3) is 0.571. The summed E-state index contributed by atoms with van der Waals surface area (Å²) in [4.78, 5) is 2.45. The van der Waals surface area contributed by atoms with Gasteiger partial charge in [-0.15, -0.1) is 0 Å². The molecule has 2 N–H and O–H groups in total. The van der Waals surface area contributed by atoms with Gasteiger partial charge in [-0.1, -0.05) is 32.0 Å². The Morgan fingerprint density at radius 1 is 1.31 bits per heavy atom. The van der Waals surface area contributed by atoms with Crippen LogP contribution in [0.1, 0.15) is 25.8 Å². The van der Waals surface area contributed by atoms with Gasteiger partial charge >= 0.3 is 0 Å². The molecule has 0 amide bonds. The van der Waals surface area contributed by atoms with Gasteiger partial charge in [0, 0.05) is 24.8 Å². The Hall–Kier alpha value is -1.02. The lowest BCUT2D eigenvalue weighted by Gasteiger charge is -2.34. The number of nitrogens with zero attached hydrogens (tertiary/aromatic N) is 1. The van der Waals surface area contributed by atoms with Crippen molar-refractivity contribution in [2.75, 3.05) is 18.0 Å². The molecule has 0 aliphatic carbocycles. The summed E-state index contributed by atoms with van der Waals surface area (Å²) in [5, 5.41) is 0. The molecule has 0 radical (unpaired) electrons. The molecule has 1 heterocycles. The second-order valence-corrected chi connectivity index (χ2v) is 5.09. The number of anilines is 1. The number of fused-ring (bicyclic) bond motifs is 1. The summed E-state index contributed by atoms with van der Waals surface area (Å²) in [5.74, 6) is 0.550. The summed E-state index contributed by atoms with van der Waals surface area (Å²) < 4.78 is 0. The SMILES string of the molecule is CC(C)[C@H](N)CN1CCCc2ccccc21. The van der Waals surface area contributed by atoms with Gasteiger partial charge in [-0.25, -0.2) is 0 Å². The third-order valence-corrected chi connectivity index (χ3v) is 3.49. The lowest BCUT2D eigenvalue weighted by molar-refractivity contribution is 0.479. The highest BCUT2D eigenvalue weighted by atomic mass is 15.1. The summed E-state index contributed by atoms with van der Waals surface area (Å²) in [6.07, 6.45) is 2.46. The number of hydrogen-bond acceptors (Lipinski definition) is 2. The van der Waals surface area contributed by atoms with Crippen molar-refractivity contribution < 1.29 is 0 Å². The maximum absolute atomic E-state index is 6.16. The fourth-order valence-corrected chi connectivity index (χ4v) is 2.27. The monoisotopic (exact) mass is 218 g/mol. The normalized spacial score (nSPS) is 17.4. The van der Waals surface area contributed by atoms with Crippen molar-refractivity contribution in [3.8, 4) is 0 Å². The number of aryl methyl sites for hydroxylation is 1. The van der Waals surface area contributed by atoms with E-state index in [-0.39, 0.29) is 6.04 Å². The Balaban J connectivity index is 2.13. The van der Waals surface area contributed by atoms with Crippen LogP contribution in [0.5, 0.6) is 0 Å². The maximum atomic E-state index is 6.16. The number of benzene rings is 1. The van der Waals surface area contributed by atoms with E-state index < -0.39 is 0 Å². The zero-order valence-corrected chi connectivity index (χ0v) is 10.3. The van der Waals surface area contributed by atoms with Gasteiger partial charge in [0.1, 0.15) is 0 Å². The lowest BCUT2D eigenvalue weighted by atomic mass is 9.99. The number of rotatable bonds is 3. The van der Waals surface area contributed by atoms with Crippen LogP contribution in [0.3, 0.4) is 0 Å². The minimum Gasteiger partial charge on any atom is -0.370 e. The van der Waals surface area contributed by atoms with Crippen molar-refractivity contribution in [3.05, 3.63) is 29.8 Å². The Bertz CT molecular complexity index is 346. The molecule has 1 aromatic rings. The van der Waals surface area contributed by atoms with Crippen molar-refractivity contribution in [3.63, 3.8) is 0 Å². The van der Waals surface area contributed by atoms with Crippen molar-refractivity contribution in [1.29, 1.82) is 0 Å². The van der Waals surface area contributed by atoms with Crippen molar-refractivity contribution >= 4 is 5.69 Å². The third-order valence-electron chi connectivity index (χ3n) is 3.49. The van der Waals surface area contributed by atoms with Crippen LogP contribution < -0.4 is 10.6 Å². The topological polar surface area (TPSA) is 29.3 Å². The quantitative estimate of drug-likeness (QED) is 0.844. The summed E-state index contributed by atoms with van der Waals surface area (Å²) in [6, 6.07) is 8.98. The van der Waals surface area contributed by atoms with E-state index in [0.29, 0.717) is 5.92 Å². The maximum Gasteiger partial charge on any atom is 0.0399 e. The smallest absolute Gasteiger partial charge is 0.0399 e. The first-order valence-corrected chi connectivity index (χ1v) is 6.27. The standard InChI is InChI=1S/C14H22N2/c1-11(2)13(15)10-16-9-5-7-12-6-3-4-8-14(12)16/h3-4,6,8,11,13H,5,7,9-10,15H2,1-2H3/t13-/m1/s1. The van der Waals surface area contributed by atoms with E-state index in [1.54, 1.807) is 0 Å². The molecule has 0 fully saturated rings. The van der Waals surface area contributed by atoms with E-state index in [9.17, 15) is 0 Å². The molecule has 1 aliphatic rings. The second-order valence-electron chi connectivity index (χ2n) is 5.09. The summed E-state index contributed by atoms with van der Waals surface area (Å²) in [6.45, 7) is 6.52. The molecule has 2 rings (SSSR count). The molecule has 0 saturated carbocycles. The van der Waals surface area contributed by atoms with E-state index in [1.807, 2.05) is 0 Å². The zero-order valence-electron chi connectivity index (χ0n) is 10.3. The fourth-order valence-electron chi connectivity index (χ4n) is 2.27. The Labute approximate surface area is 98.4 Å². The van der Waals surface area contributed by atoms with E-state index in [4.69, 9.17) is 5.73 Å². The molecule has 0 bridgehead atoms. The molecule has 2 heteroatoms. The van der Waals surface area contributed by atoms with Crippen LogP contribution in [0, 0.1) is 5.92 Å². The van der Waals surface area contributed by atoms with Gasteiger partial charge in [-0.05, 0) is 30.4 Å². The summed E-state index contributed by atoms with van der Waals surface area (Å²) in [5.41, 5.74) is 9.03. The molecule has 0 aromatic heterocycles. The van der Waals surface area contributed by atoms with Gasteiger partial charge in [0.15, 0.2) is 0 Å². The number of para-hydroxylation sites is 1. The van der Waals surface area contributed by atoms with Gasteiger partial charge in [-0.2, -0.15) is 0 Å². The first-order chi connectivity index (χ1) is 7.68.